The van der Waals surface area contributed by atoms with E-state index in [9.17, 15) is 15.0 Å². The lowest BCUT2D eigenvalue weighted by Crippen LogP contribution is -2.52. The fourth-order valence-corrected chi connectivity index (χ4v) is 5.08. The minimum absolute atomic E-state index is 0.00511. The number of carbonyl (C=O) groups excluding carboxylic acids is 1. The van der Waals surface area contributed by atoms with E-state index in [2.05, 4.69) is 4.98 Å². The molecule has 37 heavy (non-hydrogen) atoms. The van der Waals surface area contributed by atoms with Crippen LogP contribution in [-0.2, 0) is 22.6 Å². The molecule has 0 saturated heterocycles. The molecule has 2 aliphatic rings. The number of halogens is 2. The molecular weight excluding hydrogens is 497 g/mol. The Morgan fingerprint density at radius 1 is 1.22 bits per heavy atom. The first-order chi connectivity index (χ1) is 17.5. The average molecular weight is 522 g/mol. The van der Waals surface area contributed by atoms with Crippen LogP contribution < -0.4 is 0 Å². The number of pyridine rings is 1. The van der Waals surface area contributed by atoms with Gasteiger partial charge in [0.05, 0.1) is 46.7 Å². The fourth-order valence-electron chi connectivity index (χ4n) is 4.95. The number of amides is 1. The second-order valence-corrected chi connectivity index (χ2v) is 10.4. The van der Waals surface area contributed by atoms with Crippen molar-refractivity contribution in [1.29, 1.82) is 5.26 Å². The van der Waals surface area contributed by atoms with Gasteiger partial charge in [0.2, 0.25) is 5.72 Å². The Hall–Kier alpha value is -3.35. The molecule has 1 aliphatic carbocycles. The van der Waals surface area contributed by atoms with Gasteiger partial charge >= 0.3 is 0 Å². The summed E-state index contributed by atoms with van der Waals surface area (Å²) in [5.74, 6) is -1.22. The Morgan fingerprint density at radius 2 is 1.92 bits per heavy atom. The summed E-state index contributed by atoms with van der Waals surface area (Å²) < 4.78 is 23.0. The molecule has 0 spiro atoms. The number of aliphatic hydroxyl groups is 2. The molecule has 0 unspecified atom stereocenters. The van der Waals surface area contributed by atoms with Crippen molar-refractivity contribution in [3.63, 3.8) is 0 Å². The van der Waals surface area contributed by atoms with E-state index < -0.39 is 35.3 Å². The third-order valence-corrected chi connectivity index (χ3v) is 7.16. The van der Waals surface area contributed by atoms with E-state index >= 15 is 4.39 Å². The first kappa shape index (κ1) is 25.3. The molecule has 1 aliphatic heterocycles. The average Bonchev–Trinajstić information content (AvgIpc) is 3.07. The van der Waals surface area contributed by atoms with Gasteiger partial charge in [0.15, 0.2) is 0 Å². The molecule has 1 atom stereocenters. The number of fused-ring (bicyclic) bond motifs is 1. The maximum atomic E-state index is 16.4. The fraction of sp³-hybridized carbons (Fsp3) is 0.321. The molecule has 0 radical (unpaired) electrons. The zero-order chi connectivity index (χ0) is 26.5. The molecule has 2 heterocycles. The van der Waals surface area contributed by atoms with Gasteiger partial charge < -0.3 is 14.9 Å². The maximum absolute atomic E-state index is 16.4. The second-order valence-electron chi connectivity index (χ2n) is 9.97. The van der Waals surface area contributed by atoms with Crippen molar-refractivity contribution in [3.05, 3.63) is 99.1 Å². The number of rotatable bonds is 6. The van der Waals surface area contributed by atoms with Crippen LogP contribution in [0.3, 0.4) is 0 Å². The van der Waals surface area contributed by atoms with Gasteiger partial charge in [-0.05, 0) is 57.0 Å². The van der Waals surface area contributed by atoms with Crippen LogP contribution in [0, 0.1) is 17.1 Å². The van der Waals surface area contributed by atoms with Crippen LogP contribution >= 0.6 is 11.6 Å². The molecule has 2 aromatic carbocycles. The molecule has 1 aromatic heterocycles. The molecular formula is C28H25ClFN3O4. The number of nitriles is 1. The lowest BCUT2D eigenvalue weighted by molar-refractivity contribution is -0.191. The lowest BCUT2D eigenvalue weighted by atomic mass is 9.86. The van der Waals surface area contributed by atoms with Crippen molar-refractivity contribution >= 4 is 17.5 Å². The van der Waals surface area contributed by atoms with Gasteiger partial charge in [-0.1, -0.05) is 29.8 Å². The normalized spacial score (nSPS) is 22.9. The van der Waals surface area contributed by atoms with Gasteiger partial charge in [-0.2, -0.15) is 5.26 Å². The van der Waals surface area contributed by atoms with Crippen molar-refractivity contribution in [1.82, 2.24) is 9.88 Å². The summed E-state index contributed by atoms with van der Waals surface area (Å²) in [6.45, 7) is 2.90. The zero-order valence-electron chi connectivity index (χ0n) is 20.3. The third-order valence-electron chi connectivity index (χ3n) is 6.91. The quantitative estimate of drug-likeness (QED) is 0.499. The smallest absolute Gasteiger partial charge is 0.257 e. The van der Waals surface area contributed by atoms with Crippen LogP contribution in [0.4, 0.5) is 4.39 Å². The molecule has 3 aromatic rings. The summed E-state index contributed by atoms with van der Waals surface area (Å²) in [4.78, 5) is 19.6. The van der Waals surface area contributed by atoms with Gasteiger partial charge in [-0.3, -0.25) is 14.7 Å². The van der Waals surface area contributed by atoms with Crippen LogP contribution in [0.5, 0.6) is 0 Å². The molecule has 0 bridgehead atoms. The van der Waals surface area contributed by atoms with E-state index in [0.29, 0.717) is 34.7 Å². The summed E-state index contributed by atoms with van der Waals surface area (Å²) in [6, 6.07) is 14.8. The summed E-state index contributed by atoms with van der Waals surface area (Å²) in [5.41, 5.74) is -1.82. The van der Waals surface area contributed by atoms with E-state index in [4.69, 9.17) is 21.6 Å². The maximum Gasteiger partial charge on any atom is 0.257 e. The van der Waals surface area contributed by atoms with E-state index in [-0.39, 0.29) is 23.2 Å². The van der Waals surface area contributed by atoms with Crippen molar-refractivity contribution in [3.8, 4) is 6.07 Å². The monoisotopic (exact) mass is 521 g/mol. The molecule has 7 nitrogen and oxygen atoms in total. The predicted molar refractivity (Wildman–Crippen MR) is 133 cm³/mol. The summed E-state index contributed by atoms with van der Waals surface area (Å²) in [6.07, 6.45) is 1.06. The number of hydrogen-bond donors (Lipinski definition) is 2. The number of benzene rings is 2. The van der Waals surface area contributed by atoms with Crippen LogP contribution in [-0.4, -0.2) is 38.2 Å². The van der Waals surface area contributed by atoms with Crippen molar-refractivity contribution < 1.29 is 24.1 Å². The summed E-state index contributed by atoms with van der Waals surface area (Å²) >= 11 is 6.17. The van der Waals surface area contributed by atoms with E-state index in [0.717, 1.165) is 0 Å². The number of hydrogen-bond acceptors (Lipinski definition) is 6. The summed E-state index contributed by atoms with van der Waals surface area (Å²) in [5, 5.41) is 30.3. The Morgan fingerprint density at radius 3 is 2.49 bits per heavy atom. The zero-order valence-corrected chi connectivity index (χ0v) is 21.0. The lowest BCUT2D eigenvalue weighted by Gasteiger charge is -2.45. The van der Waals surface area contributed by atoms with Gasteiger partial charge in [-0.25, -0.2) is 4.39 Å². The highest BCUT2D eigenvalue weighted by Crippen LogP contribution is 2.50. The summed E-state index contributed by atoms with van der Waals surface area (Å²) in [7, 11) is 0. The van der Waals surface area contributed by atoms with Crippen LogP contribution in [0.15, 0.2) is 54.7 Å². The third kappa shape index (κ3) is 4.28. The number of nitrogens with zero attached hydrogens (tertiary/aromatic N) is 3. The van der Waals surface area contributed by atoms with Gasteiger partial charge in [0, 0.05) is 22.3 Å². The van der Waals surface area contributed by atoms with Crippen molar-refractivity contribution in [2.24, 2.45) is 0 Å². The second kappa shape index (κ2) is 9.19. The largest absolute Gasteiger partial charge is 0.393 e. The van der Waals surface area contributed by atoms with Gasteiger partial charge in [-0.15, -0.1) is 0 Å². The van der Waals surface area contributed by atoms with Gasteiger partial charge in [0.25, 0.3) is 5.91 Å². The van der Waals surface area contributed by atoms with E-state index in [1.54, 1.807) is 36.4 Å². The minimum Gasteiger partial charge on any atom is -0.393 e. The van der Waals surface area contributed by atoms with Crippen molar-refractivity contribution in [2.45, 2.75) is 56.8 Å². The first-order valence-corrected chi connectivity index (χ1v) is 12.3. The highest BCUT2D eigenvalue weighted by atomic mass is 35.5. The Balaban J connectivity index is 1.75. The standard InChI is InChI=1S/C28H25ClFN3O4/c1-27(2,36)23-10-9-22-24(25(23)30)28(37-21-11-20(34)12-21,17-4-6-18(29)7-5-17)33(26(22)35)15-19-8-3-16(13-31)14-32-19/h3-10,14,20-21,34,36H,11-12,15H2,1-2H3/t20?,21?,28-/m1/s1. The Bertz CT molecular complexity index is 1390. The molecule has 1 saturated carbocycles. The van der Waals surface area contributed by atoms with Crippen LogP contribution in [0.25, 0.3) is 0 Å². The predicted octanol–water partition coefficient (Wildman–Crippen LogP) is 4.37. The SMILES string of the molecule is CC(C)(O)c1ccc2c(c1F)[C@](OC1CC(O)C1)(c1ccc(Cl)cc1)N(Cc1ccc(C#N)cn1)C2=O. The number of aliphatic hydroxyl groups excluding tert-OH is 1. The highest BCUT2D eigenvalue weighted by molar-refractivity contribution is 6.30. The Kier molecular flexibility index (Phi) is 6.29. The molecule has 5 rings (SSSR count). The van der Waals surface area contributed by atoms with Crippen molar-refractivity contribution in [2.75, 3.05) is 0 Å². The highest BCUT2D eigenvalue weighted by Gasteiger charge is 2.57. The van der Waals surface area contributed by atoms with Crippen LogP contribution in [0.1, 0.15) is 65.0 Å². The molecule has 1 fully saturated rings. The molecule has 190 valence electrons. The number of carbonyl (C=O) groups is 1. The molecule has 1 amide bonds. The van der Waals surface area contributed by atoms with E-state index in [1.807, 2.05) is 6.07 Å². The Labute approximate surface area is 218 Å². The topological polar surface area (TPSA) is 107 Å². The number of ether oxygens (including phenoxy) is 1. The number of aromatic nitrogens is 1. The van der Waals surface area contributed by atoms with Crippen LogP contribution in [0.2, 0.25) is 5.02 Å². The van der Waals surface area contributed by atoms with Gasteiger partial charge in [0.1, 0.15) is 11.9 Å². The molecule has 9 heteroatoms. The first-order valence-electron chi connectivity index (χ1n) is 11.9. The minimum atomic E-state index is -1.72. The molecule has 2 N–H and O–H groups in total. The van der Waals surface area contributed by atoms with E-state index in [1.165, 1.54) is 37.1 Å².